The third kappa shape index (κ3) is 4.66. The second kappa shape index (κ2) is 6.90. The van der Waals surface area contributed by atoms with E-state index in [-0.39, 0.29) is 12.6 Å². The summed E-state index contributed by atoms with van der Waals surface area (Å²) in [5, 5.41) is 11.5. The molecule has 0 aliphatic heterocycles. The molecule has 1 fully saturated rings. The maximum Gasteiger partial charge on any atom is 0.326 e. The molecule has 0 heterocycles. The first-order valence-electron chi connectivity index (χ1n) is 6.30. The normalized spacial score (nSPS) is 15.6. The molecule has 1 saturated carbocycles. The number of nitrogens with one attached hydrogen (secondary N) is 1. The van der Waals surface area contributed by atoms with Crippen molar-refractivity contribution in [3.63, 3.8) is 0 Å². The molecule has 1 aliphatic carbocycles. The van der Waals surface area contributed by atoms with Crippen molar-refractivity contribution in [1.29, 1.82) is 0 Å². The van der Waals surface area contributed by atoms with E-state index in [4.69, 9.17) is 11.5 Å². The summed E-state index contributed by atoms with van der Waals surface area (Å²) in [5.41, 5.74) is 0. The summed E-state index contributed by atoms with van der Waals surface area (Å²) in [7, 11) is 0. The number of nitrogens with zero attached hydrogens (tertiary/aromatic N) is 1. The fraction of sp³-hybridized carbons (Fsp3) is 0.692. The lowest BCUT2D eigenvalue weighted by molar-refractivity contribution is -0.139. The largest absolute Gasteiger partial charge is 0.480 e. The van der Waals surface area contributed by atoms with E-state index < -0.39 is 12.0 Å². The van der Waals surface area contributed by atoms with Crippen molar-refractivity contribution in [3.8, 4) is 12.3 Å². The Kier molecular flexibility index (Phi) is 5.50. The third-order valence-corrected chi connectivity index (χ3v) is 2.92. The van der Waals surface area contributed by atoms with Crippen molar-refractivity contribution in [2.24, 2.45) is 5.92 Å². The zero-order valence-electron chi connectivity index (χ0n) is 10.7. The fourth-order valence-electron chi connectivity index (χ4n) is 1.73. The molecule has 0 aromatic heterocycles. The summed E-state index contributed by atoms with van der Waals surface area (Å²) in [5.74, 6) is 1.96. The number of carbonyl (C=O) groups excluding carboxylic acids is 1. The Hall–Kier alpha value is -1.70. The van der Waals surface area contributed by atoms with E-state index in [0.29, 0.717) is 25.3 Å². The van der Waals surface area contributed by atoms with Gasteiger partial charge in [0.05, 0.1) is 6.54 Å². The molecule has 1 rings (SSSR count). The number of carbonyl (C=O) groups is 2. The van der Waals surface area contributed by atoms with Crippen LogP contribution in [-0.2, 0) is 4.79 Å². The number of hydrogen-bond donors (Lipinski definition) is 2. The molecule has 18 heavy (non-hydrogen) atoms. The molecule has 1 aliphatic rings. The van der Waals surface area contributed by atoms with Crippen LogP contribution in [0.3, 0.4) is 0 Å². The predicted octanol–water partition coefficient (Wildman–Crippen LogP) is 1.29. The molecule has 5 heteroatoms. The molecule has 100 valence electrons. The van der Waals surface area contributed by atoms with Crippen LogP contribution >= 0.6 is 0 Å². The van der Waals surface area contributed by atoms with Crippen LogP contribution in [0.5, 0.6) is 0 Å². The van der Waals surface area contributed by atoms with E-state index >= 15 is 0 Å². The number of terminal acetylenes is 1. The average molecular weight is 252 g/mol. The van der Waals surface area contributed by atoms with Crippen LogP contribution in [0.1, 0.15) is 32.6 Å². The molecular formula is C13H20N2O3. The van der Waals surface area contributed by atoms with Crippen LogP contribution in [0.4, 0.5) is 4.79 Å². The summed E-state index contributed by atoms with van der Waals surface area (Å²) >= 11 is 0. The molecule has 0 radical (unpaired) electrons. The molecule has 0 aromatic rings. The molecule has 0 aromatic carbocycles. The molecule has 5 nitrogen and oxygen atoms in total. The van der Waals surface area contributed by atoms with Crippen molar-refractivity contribution in [2.75, 3.05) is 13.1 Å². The summed E-state index contributed by atoms with van der Waals surface area (Å²) in [6.07, 6.45) is 8.59. The second-order valence-electron chi connectivity index (χ2n) is 4.66. The van der Waals surface area contributed by atoms with Crippen molar-refractivity contribution in [1.82, 2.24) is 10.2 Å². The van der Waals surface area contributed by atoms with E-state index in [1.54, 1.807) is 0 Å². The Balaban J connectivity index is 2.52. The third-order valence-electron chi connectivity index (χ3n) is 2.92. The molecule has 2 amide bonds. The minimum Gasteiger partial charge on any atom is -0.480 e. The van der Waals surface area contributed by atoms with Gasteiger partial charge < -0.3 is 15.3 Å². The Labute approximate surface area is 108 Å². The van der Waals surface area contributed by atoms with Gasteiger partial charge in [-0.15, -0.1) is 6.42 Å². The Morgan fingerprint density at radius 1 is 1.56 bits per heavy atom. The van der Waals surface area contributed by atoms with Gasteiger partial charge in [0.15, 0.2) is 0 Å². The topological polar surface area (TPSA) is 69.6 Å². The minimum absolute atomic E-state index is 0.223. The quantitative estimate of drug-likeness (QED) is 0.671. The van der Waals surface area contributed by atoms with Gasteiger partial charge in [-0.05, 0) is 25.2 Å². The first kappa shape index (κ1) is 14.4. The van der Waals surface area contributed by atoms with Crippen molar-refractivity contribution >= 4 is 12.0 Å². The maximum atomic E-state index is 11.9. The summed E-state index contributed by atoms with van der Waals surface area (Å²) < 4.78 is 0. The number of amides is 2. The molecule has 0 spiro atoms. The lowest BCUT2D eigenvalue weighted by Gasteiger charge is -2.23. The summed E-state index contributed by atoms with van der Waals surface area (Å²) in [6, 6.07) is -1.21. The smallest absolute Gasteiger partial charge is 0.326 e. The highest BCUT2D eigenvalue weighted by Crippen LogP contribution is 2.29. The minimum atomic E-state index is -1.00. The lowest BCUT2D eigenvalue weighted by atomic mass is 10.2. The zero-order chi connectivity index (χ0) is 13.5. The maximum absolute atomic E-state index is 11.9. The Morgan fingerprint density at radius 2 is 2.22 bits per heavy atom. The molecule has 0 bridgehead atoms. The zero-order valence-corrected chi connectivity index (χ0v) is 10.7. The highest BCUT2D eigenvalue weighted by molar-refractivity contribution is 5.82. The number of hydrogen-bond acceptors (Lipinski definition) is 2. The molecule has 1 atom stereocenters. The van der Waals surface area contributed by atoms with E-state index in [1.807, 2.05) is 6.92 Å². The molecular weight excluding hydrogens is 232 g/mol. The van der Waals surface area contributed by atoms with E-state index in [9.17, 15) is 9.59 Å². The van der Waals surface area contributed by atoms with Gasteiger partial charge in [-0.25, -0.2) is 9.59 Å². The standard InChI is InChI=1S/C13H20N2O3/c1-3-5-11(12(16)17)14-13(18)15(8-4-2)9-10-6-7-10/h2,10-11H,3,5-9H2,1H3,(H,14,18)(H,16,17). The number of aliphatic carboxylic acids is 1. The van der Waals surface area contributed by atoms with E-state index in [0.717, 1.165) is 12.8 Å². The first-order chi connectivity index (χ1) is 8.58. The average Bonchev–Trinajstić information content (AvgIpc) is 3.11. The van der Waals surface area contributed by atoms with Gasteiger partial charge in [0.25, 0.3) is 0 Å². The number of carboxylic acids is 1. The molecule has 0 saturated heterocycles. The monoisotopic (exact) mass is 252 g/mol. The fourth-order valence-corrected chi connectivity index (χ4v) is 1.73. The van der Waals surface area contributed by atoms with Crippen molar-refractivity contribution < 1.29 is 14.7 Å². The van der Waals surface area contributed by atoms with Crippen LogP contribution in [0, 0.1) is 18.3 Å². The van der Waals surface area contributed by atoms with Crippen molar-refractivity contribution in [3.05, 3.63) is 0 Å². The number of carboxylic acid groups (broad SMARTS) is 1. The summed E-state index contributed by atoms with van der Waals surface area (Å²) in [4.78, 5) is 24.4. The first-order valence-corrected chi connectivity index (χ1v) is 6.30. The van der Waals surface area contributed by atoms with Crippen LogP contribution in [-0.4, -0.2) is 41.1 Å². The highest BCUT2D eigenvalue weighted by Gasteiger charge is 2.28. The van der Waals surface area contributed by atoms with Gasteiger partial charge >= 0.3 is 12.0 Å². The lowest BCUT2D eigenvalue weighted by Crippen LogP contribution is -2.48. The Morgan fingerprint density at radius 3 is 2.67 bits per heavy atom. The number of urea groups is 1. The molecule has 1 unspecified atom stereocenters. The van der Waals surface area contributed by atoms with Gasteiger partial charge in [0.2, 0.25) is 0 Å². The Bertz CT molecular complexity index is 345. The predicted molar refractivity (Wildman–Crippen MR) is 68.0 cm³/mol. The van der Waals surface area contributed by atoms with Gasteiger partial charge in [-0.1, -0.05) is 19.3 Å². The van der Waals surface area contributed by atoms with Gasteiger partial charge in [-0.2, -0.15) is 0 Å². The van der Waals surface area contributed by atoms with Crippen LogP contribution in [0.15, 0.2) is 0 Å². The van der Waals surface area contributed by atoms with Gasteiger partial charge in [0, 0.05) is 6.54 Å². The van der Waals surface area contributed by atoms with Crippen LogP contribution in [0.2, 0.25) is 0 Å². The van der Waals surface area contributed by atoms with E-state index in [1.165, 1.54) is 4.90 Å². The van der Waals surface area contributed by atoms with E-state index in [2.05, 4.69) is 11.2 Å². The molecule has 2 N–H and O–H groups in total. The highest BCUT2D eigenvalue weighted by atomic mass is 16.4. The second-order valence-corrected chi connectivity index (χ2v) is 4.66. The van der Waals surface area contributed by atoms with Gasteiger partial charge in [-0.3, -0.25) is 0 Å². The SMILES string of the molecule is C#CCN(CC1CC1)C(=O)NC(CCC)C(=O)O. The van der Waals surface area contributed by atoms with Crippen LogP contribution < -0.4 is 5.32 Å². The van der Waals surface area contributed by atoms with Crippen LogP contribution in [0.25, 0.3) is 0 Å². The van der Waals surface area contributed by atoms with Gasteiger partial charge in [0.1, 0.15) is 6.04 Å². The summed E-state index contributed by atoms with van der Waals surface area (Å²) in [6.45, 7) is 2.72. The van der Waals surface area contributed by atoms with Crippen molar-refractivity contribution in [2.45, 2.75) is 38.6 Å². The number of rotatable bonds is 7.